The van der Waals surface area contributed by atoms with Gasteiger partial charge in [-0.05, 0) is 87.9 Å². The number of benzene rings is 2. The van der Waals surface area contributed by atoms with Gasteiger partial charge in [0.15, 0.2) is 6.19 Å². The van der Waals surface area contributed by atoms with Gasteiger partial charge in [-0.25, -0.2) is 9.18 Å². The molecule has 9 heteroatoms. The van der Waals surface area contributed by atoms with E-state index in [4.69, 9.17) is 4.74 Å². The molecule has 0 saturated heterocycles. The summed E-state index contributed by atoms with van der Waals surface area (Å²) in [6, 6.07) is 6.23. The van der Waals surface area contributed by atoms with Crippen LogP contribution in [0.4, 0.5) is 28.0 Å². The summed E-state index contributed by atoms with van der Waals surface area (Å²) in [5.41, 5.74) is 0.0582. The van der Waals surface area contributed by atoms with Crippen molar-refractivity contribution in [1.29, 1.82) is 5.26 Å². The highest BCUT2D eigenvalue weighted by molar-refractivity contribution is 5.89. The molecule has 3 rings (SSSR count). The number of anilines is 1. The van der Waals surface area contributed by atoms with E-state index in [1.807, 2.05) is 0 Å². The highest BCUT2D eigenvalue weighted by Crippen LogP contribution is 2.43. The highest BCUT2D eigenvalue weighted by Gasteiger charge is 2.38. The van der Waals surface area contributed by atoms with E-state index in [1.54, 1.807) is 33.8 Å². The van der Waals surface area contributed by atoms with Crippen LogP contribution in [0.5, 0.6) is 0 Å². The van der Waals surface area contributed by atoms with E-state index >= 15 is 0 Å². The van der Waals surface area contributed by atoms with Gasteiger partial charge in [0.1, 0.15) is 11.4 Å². The maximum absolute atomic E-state index is 13.9. The molecule has 0 bridgehead atoms. The third-order valence-electron chi connectivity index (χ3n) is 5.76. The van der Waals surface area contributed by atoms with E-state index in [9.17, 15) is 27.6 Å². The van der Waals surface area contributed by atoms with Crippen molar-refractivity contribution >= 4 is 11.8 Å². The van der Waals surface area contributed by atoms with E-state index in [0.29, 0.717) is 29.5 Å². The number of hydrogen-bond acceptors (Lipinski definition) is 4. The summed E-state index contributed by atoms with van der Waals surface area (Å²) in [6.45, 7) is 8.35. The monoisotopic (exact) mass is 491 g/mol. The number of amides is 1. The van der Waals surface area contributed by atoms with Gasteiger partial charge < -0.3 is 4.74 Å². The third kappa shape index (κ3) is 6.24. The van der Waals surface area contributed by atoms with Crippen LogP contribution in [0.2, 0.25) is 0 Å². The number of carbonyl (C=O) groups excluding carboxylic acids is 1. The lowest BCUT2D eigenvalue weighted by molar-refractivity contribution is -0.138. The molecular weight excluding hydrogens is 462 g/mol. The molecule has 1 amide bonds. The summed E-state index contributed by atoms with van der Waals surface area (Å²) < 4.78 is 60.7. The second-order valence-corrected chi connectivity index (χ2v) is 9.88. The molecule has 0 fully saturated rings. The minimum absolute atomic E-state index is 0.00761. The van der Waals surface area contributed by atoms with Crippen LogP contribution in [0, 0.1) is 31.1 Å². The summed E-state index contributed by atoms with van der Waals surface area (Å²) in [4.78, 5) is 15.6. The van der Waals surface area contributed by atoms with Crippen LogP contribution in [-0.4, -0.2) is 23.1 Å². The first-order valence-corrected chi connectivity index (χ1v) is 11.3. The van der Waals surface area contributed by atoms with Crippen LogP contribution in [0.15, 0.2) is 30.3 Å². The molecule has 1 heterocycles. The van der Waals surface area contributed by atoms with Crippen molar-refractivity contribution in [3.05, 3.63) is 64.0 Å². The average molecular weight is 492 g/mol. The zero-order chi connectivity index (χ0) is 26.1. The maximum Gasteiger partial charge on any atom is 0.416 e. The standard InChI is InChI=1S/C26H29F4N3O2/c1-16-9-18(12-19(27)10-16)14-32(15-31)22-7-6-8-33(24(34)35-25(3,4)5)23-13-21(26(28,29)30)17(2)11-20(22)23/h9-13,22H,6-8,14H2,1-5H3/t22-/m0/s1. The van der Waals surface area contributed by atoms with E-state index in [-0.39, 0.29) is 24.3 Å². The molecule has 0 unspecified atom stereocenters. The highest BCUT2D eigenvalue weighted by atomic mass is 19.4. The Bertz CT molecular complexity index is 1130. The molecule has 0 aliphatic carbocycles. The fraction of sp³-hybridized carbons (Fsp3) is 0.462. The van der Waals surface area contributed by atoms with Crippen LogP contribution < -0.4 is 4.90 Å². The lowest BCUT2D eigenvalue weighted by Crippen LogP contribution is -2.37. The minimum atomic E-state index is -4.62. The molecule has 188 valence electrons. The van der Waals surface area contributed by atoms with Gasteiger partial charge in [-0.3, -0.25) is 9.80 Å². The number of nitriles is 1. The Balaban J connectivity index is 2.11. The van der Waals surface area contributed by atoms with Gasteiger partial charge in [-0.2, -0.15) is 18.4 Å². The van der Waals surface area contributed by atoms with Crippen molar-refractivity contribution in [2.24, 2.45) is 0 Å². The SMILES string of the molecule is Cc1cc(F)cc(CN(C#N)[C@H]2CCCN(C(=O)OC(C)(C)C)c3cc(C(F)(F)F)c(C)cc32)c1. The minimum Gasteiger partial charge on any atom is -0.443 e. The van der Waals surface area contributed by atoms with Gasteiger partial charge in [0.25, 0.3) is 0 Å². The summed E-state index contributed by atoms with van der Waals surface area (Å²) >= 11 is 0. The van der Waals surface area contributed by atoms with Crippen LogP contribution in [0.1, 0.15) is 67.5 Å². The number of ether oxygens (including phenoxy) is 1. The molecular formula is C26H29F4N3O2. The van der Waals surface area contributed by atoms with Crippen LogP contribution >= 0.6 is 0 Å². The van der Waals surface area contributed by atoms with Gasteiger partial charge in [0.2, 0.25) is 0 Å². The Morgan fingerprint density at radius 2 is 1.86 bits per heavy atom. The van der Waals surface area contributed by atoms with E-state index in [1.165, 1.54) is 34.9 Å². The van der Waals surface area contributed by atoms with Gasteiger partial charge in [-0.1, -0.05) is 12.1 Å². The lowest BCUT2D eigenvalue weighted by atomic mass is 9.94. The number of nitrogens with zero attached hydrogens (tertiary/aromatic N) is 3. The zero-order valence-electron chi connectivity index (χ0n) is 20.5. The maximum atomic E-state index is 13.9. The van der Waals surface area contributed by atoms with Crippen molar-refractivity contribution in [2.75, 3.05) is 11.4 Å². The van der Waals surface area contributed by atoms with Gasteiger partial charge >= 0.3 is 12.3 Å². The normalized spacial score (nSPS) is 16.2. The predicted octanol–water partition coefficient (Wildman–Crippen LogP) is 7.02. The Morgan fingerprint density at radius 3 is 2.43 bits per heavy atom. The molecule has 0 aromatic heterocycles. The average Bonchev–Trinajstić information content (AvgIpc) is 2.88. The van der Waals surface area contributed by atoms with Gasteiger partial charge in [0.05, 0.1) is 23.8 Å². The first-order chi connectivity index (χ1) is 16.2. The summed E-state index contributed by atoms with van der Waals surface area (Å²) in [7, 11) is 0. The Kier molecular flexibility index (Phi) is 7.34. The summed E-state index contributed by atoms with van der Waals surface area (Å²) in [5.74, 6) is -0.430. The fourth-order valence-electron chi connectivity index (χ4n) is 4.39. The Morgan fingerprint density at radius 1 is 1.17 bits per heavy atom. The van der Waals surface area contributed by atoms with E-state index in [0.717, 1.165) is 6.07 Å². The van der Waals surface area contributed by atoms with Crippen molar-refractivity contribution in [3.63, 3.8) is 0 Å². The van der Waals surface area contributed by atoms with Crippen molar-refractivity contribution in [1.82, 2.24) is 4.90 Å². The molecule has 1 aliphatic rings. The number of carbonyl (C=O) groups is 1. The Labute approximate surface area is 202 Å². The Hall–Kier alpha value is -3.28. The topological polar surface area (TPSA) is 56.6 Å². The third-order valence-corrected chi connectivity index (χ3v) is 5.76. The van der Waals surface area contributed by atoms with E-state index in [2.05, 4.69) is 6.19 Å². The number of rotatable bonds is 3. The number of fused-ring (bicyclic) bond motifs is 1. The molecule has 1 aliphatic heterocycles. The van der Waals surface area contributed by atoms with Crippen LogP contribution in [0.25, 0.3) is 0 Å². The second-order valence-electron chi connectivity index (χ2n) is 9.88. The lowest BCUT2D eigenvalue weighted by Gasteiger charge is -2.31. The number of aryl methyl sites for hydroxylation is 2. The van der Waals surface area contributed by atoms with E-state index < -0.39 is 35.3 Å². The molecule has 35 heavy (non-hydrogen) atoms. The van der Waals surface area contributed by atoms with Crippen LogP contribution in [-0.2, 0) is 17.5 Å². The molecule has 0 N–H and O–H groups in total. The molecule has 0 spiro atoms. The first kappa shape index (κ1) is 26.3. The van der Waals surface area contributed by atoms with Gasteiger partial charge in [0, 0.05) is 6.54 Å². The smallest absolute Gasteiger partial charge is 0.416 e. The molecule has 0 saturated carbocycles. The van der Waals surface area contributed by atoms with Gasteiger partial charge in [-0.15, -0.1) is 0 Å². The fourth-order valence-corrected chi connectivity index (χ4v) is 4.39. The largest absolute Gasteiger partial charge is 0.443 e. The zero-order valence-corrected chi connectivity index (χ0v) is 20.5. The summed E-state index contributed by atoms with van der Waals surface area (Å²) in [6.07, 6.45) is -2.39. The first-order valence-electron chi connectivity index (χ1n) is 11.3. The molecule has 0 radical (unpaired) electrons. The molecule has 2 aromatic rings. The predicted molar refractivity (Wildman–Crippen MR) is 124 cm³/mol. The van der Waals surface area contributed by atoms with Crippen molar-refractivity contribution in [3.8, 4) is 6.19 Å². The number of alkyl halides is 3. The number of halogens is 4. The van der Waals surface area contributed by atoms with Crippen LogP contribution in [0.3, 0.4) is 0 Å². The second kappa shape index (κ2) is 9.76. The quantitative estimate of drug-likeness (QED) is 0.263. The molecule has 2 aromatic carbocycles. The van der Waals surface area contributed by atoms with Crippen molar-refractivity contribution in [2.45, 2.75) is 71.8 Å². The molecule has 5 nitrogen and oxygen atoms in total. The van der Waals surface area contributed by atoms with Crippen molar-refractivity contribution < 1.29 is 27.1 Å². The summed E-state index contributed by atoms with van der Waals surface area (Å²) in [5, 5.41) is 9.97. The molecule has 1 atom stereocenters. The number of hydrogen-bond donors (Lipinski definition) is 0.